The zero-order valence-corrected chi connectivity index (χ0v) is 19.1. The molecule has 1 atom stereocenters. The topological polar surface area (TPSA) is 112 Å². The number of H-pyrrole nitrogens is 1. The largest absolute Gasteiger partial charge is 0.344 e. The van der Waals surface area contributed by atoms with Gasteiger partial charge in [0.05, 0.1) is 0 Å². The highest BCUT2D eigenvalue weighted by Crippen LogP contribution is 2.31. The first-order valence-corrected chi connectivity index (χ1v) is 11.0. The van der Waals surface area contributed by atoms with Gasteiger partial charge in [-0.25, -0.2) is 4.79 Å². The molecule has 170 valence electrons. The van der Waals surface area contributed by atoms with Gasteiger partial charge in [-0.1, -0.05) is 67.1 Å². The summed E-state index contributed by atoms with van der Waals surface area (Å²) in [5.74, 6) is -0.400. The number of urea groups is 1. The van der Waals surface area contributed by atoms with Crippen molar-refractivity contribution in [3.63, 3.8) is 0 Å². The van der Waals surface area contributed by atoms with Crippen LogP contribution in [0.3, 0.4) is 0 Å². The molecule has 0 spiro atoms. The first-order valence-electron chi connectivity index (χ1n) is 10.6. The Bertz CT molecular complexity index is 1250. The van der Waals surface area contributed by atoms with E-state index in [1.807, 2.05) is 44.2 Å². The Morgan fingerprint density at radius 1 is 1.12 bits per heavy atom. The van der Waals surface area contributed by atoms with Crippen molar-refractivity contribution in [2.24, 2.45) is 0 Å². The lowest BCUT2D eigenvalue weighted by atomic mass is 9.87. The van der Waals surface area contributed by atoms with Crippen LogP contribution in [0.15, 0.2) is 54.6 Å². The Morgan fingerprint density at radius 2 is 1.82 bits per heavy atom. The minimum atomic E-state index is -1.21. The molecular formula is C23H24N6O3S. The maximum Gasteiger partial charge on any atom is 0.344 e. The number of carbonyl (C=O) groups is 3. The Balaban J connectivity index is 1.47. The van der Waals surface area contributed by atoms with Gasteiger partial charge in [0, 0.05) is 18.5 Å². The molecule has 3 N–H and O–H groups in total. The molecule has 10 heteroatoms. The van der Waals surface area contributed by atoms with Crippen molar-refractivity contribution >= 4 is 30.1 Å². The number of aromatic nitrogens is 3. The summed E-state index contributed by atoms with van der Waals surface area (Å²) in [6.07, 6.45) is 0.340. The van der Waals surface area contributed by atoms with Crippen molar-refractivity contribution in [2.45, 2.75) is 38.8 Å². The van der Waals surface area contributed by atoms with E-state index in [-0.39, 0.29) is 13.0 Å². The summed E-state index contributed by atoms with van der Waals surface area (Å²) < 4.78 is 2.09. The molecule has 0 radical (unpaired) electrons. The number of hydrogen-bond donors (Lipinski definition) is 3. The van der Waals surface area contributed by atoms with Crippen LogP contribution in [0.25, 0.3) is 11.4 Å². The van der Waals surface area contributed by atoms with Gasteiger partial charge in [-0.3, -0.25) is 24.7 Å². The van der Waals surface area contributed by atoms with E-state index < -0.39 is 23.4 Å². The first kappa shape index (κ1) is 22.4. The Labute approximate surface area is 195 Å². The average Bonchev–Trinajstić information content (AvgIpc) is 3.31. The molecule has 3 aromatic rings. The normalized spacial score (nSPS) is 17.8. The SMILES string of the molecule is CCC1(c2ccccc2)NC(=O)N(NC(=O)CCn2c(-c3ccc(C)cc3)n[nH]c2=S)C1=O. The predicted molar refractivity (Wildman–Crippen MR) is 124 cm³/mol. The number of rotatable bonds is 7. The third kappa shape index (κ3) is 4.17. The van der Waals surface area contributed by atoms with Crippen molar-refractivity contribution in [1.82, 2.24) is 30.5 Å². The molecule has 0 bridgehead atoms. The predicted octanol–water partition coefficient (Wildman–Crippen LogP) is 3.19. The lowest BCUT2D eigenvalue weighted by molar-refractivity contribution is -0.139. The number of aromatic amines is 1. The van der Waals surface area contributed by atoms with Gasteiger partial charge in [0.25, 0.3) is 5.91 Å². The molecule has 0 saturated carbocycles. The quantitative estimate of drug-likeness (QED) is 0.367. The number of hydrazine groups is 1. The van der Waals surface area contributed by atoms with Crippen molar-refractivity contribution in [3.8, 4) is 11.4 Å². The molecule has 1 aliphatic heterocycles. The number of nitrogens with zero attached hydrogens (tertiary/aromatic N) is 3. The van der Waals surface area contributed by atoms with Gasteiger partial charge in [0.15, 0.2) is 10.6 Å². The molecule has 0 aliphatic carbocycles. The second-order valence-electron chi connectivity index (χ2n) is 7.85. The Hall–Kier alpha value is -3.79. The summed E-state index contributed by atoms with van der Waals surface area (Å²) in [4.78, 5) is 38.4. The molecule has 2 aromatic carbocycles. The molecule has 9 nitrogen and oxygen atoms in total. The summed E-state index contributed by atoms with van der Waals surface area (Å²) in [5.41, 5.74) is 3.87. The highest BCUT2D eigenvalue weighted by Gasteiger charge is 2.52. The van der Waals surface area contributed by atoms with Gasteiger partial charge in [0.2, 0.25) is 5.91 Å². The average molecular weight is 465 g/mol. The van der Waals surface area contributed by atoms with E-state index in [1.165, 1.54) is 0 Å². The molecule has 2 heterocycles. The van der Waals surface area contributed by atoms with Gasteiger partial charge in [-0.15, -0.1) is 0 Å². The van der Waals surface area contributed by atoms with Gasteiger partial charge >= 0.3 is 6.03 Å². The van der Waals surface area contributed by atoms with Crippen LogP contribution in [0.2, 0.25) is 0 Å². The van der Waals surface area contributed by atoms with E-state index in [0.717, 1.165) is 16.1 Å². The fraction of sp³-hybridized carbons (Fsp3) is 0.261. The van der Waals surface area contributed by atoms with Crippen LogP contribution in [0.5, 0.6) is 0 Å². The highest BCUT2D eigenvalue weighted by atomic mass is 32.1. The van der Waals surface area contributed by atoms with Crippen LogP contribution in [0.1, 0.15) is 30.9 Å². The molecule has 1 aliphatic rings. The summed E-state index contributed by atoms with van der Waals surface area (Å²) in [6, 6.07) is 16.1. The first-order chi connectivity index (χ1) is 15.9. The van der Waals surface area contributed by atoms with E-state index in [1.54, 1.807) is 28.8 Å². The standard InChI is InChI=1S/C23H24N6O3S/c1-3-23(17-7-5-4-6-8-17)20(31)29(21(32)24-23)27-18(30)13-14-28-19(25-26-22(28)33)16-11-9-15(2)10-12-16/h4-12H,3,13-14H2,1-2H3,(H,24,32)(H,26,33)(H,27,30). The molecule has 1 fully saturated rings. The molecule has 33 heavy (non-hydrogen) atoms. The third-order valence-electron chi connectivity index (χ3n) is 5.76. The van der Waals surface area contributed by atoms with Crippen LogP contribution in [-0.4, -0.2) is 37.6 Å². The molecule has 1 saturated heterocycles. The molecular weight excluding hydrogens is 440 g/mol. The van der Waals surface area contributed by atoms with Crippen molar-refractivity contribution in [3.05, 3.63) is 70.5 Å². The number of hydrogen-bond acceptors (Lipinski definition) is 5. The summed E-state index contributed by atoms with van der Waals surface area (Å²) in [7, 11) is 0. The smallest absolute Gasteiger partial charge is 0.318 e. The zero-order chi connectivity index (χ0) is 23.6. The monoisotopic (exact) mass is 464 g/mol. The molecule has 4 rings (SSSR count). The van der Waals surface area contributed by atoms with Crippen LogP contribution in [-0.2, 0) is 21.7 Å². The second kappa shape index (κ2) is 8.99. The number of aryl methyl sites for hydroxylation is 1. The lowest BCUT2D eigenvalue weighted by Crippen LogP contribution is -2.48. The molecule has 1 aromatic heterocycles. The van der Waals surface area contributed by atoms with E-state index >= 15 is 0 Å². The number of amides is 4. The fourth-order valence-corrected chi connectivity index (χ4v) is 4.10. The minimum Gasteiger partial charge on any atom is -0.318 e. The van der Waals surface area contributed by atoms with E-state index in [4.69, 9.17) is 12.2 Å². The van der Waals surface area contributed by atoms with Gasteiger partial charge in [0.1, 0.15) is 5.54 Å². The van der Waals surface area contributed by atoms with Crippen LogP contribution >= 0.6 is 12.2 Å². The summed E-state index contributed by atoms with van der Waals surface area (Å²) in [5, 5.41) is 10.5. The van der Waals surface area contributed by atoms with Gasteiger partial charge in [-0.05, 0) is 31.1 Å². The van der Waals surface area contributed by atoms with Crippen molar-refractivity contribution < 1.29 is 14.4 Å². The number of imide groups is 1. The fourth-order valence-electron chi connectivity index (χ4n) is 3.88. The van der Waals surface area contributed by atoms with E-state index in [2.05, 4.69) is 20.9 Å². The number of nitrogens with one attached hydrogen (secondary N) is 3. The van der Waals surface area contributed by atoms with Crippen LogP contribution < -0.4 is 10.7 Å². The second-order valence-corrected chi connectivity index (χ2v) is 8.24. The molecule has 4 amide bonds. The maximum atomic E-state index is 13.1. The van der Waals surface area contributed by atoms with Crippen molar-refractivity contribution in [1.29, 1.82) is 0 Å². The number of benzene rings is 2. The maximum absolute atomic E-state index is 13.1. The van der Waals surface area contributed by atoms with Gasteiger partial charge < -0.3 is 5.32 Å². The Morgan fingerprint density at radius 3 is 2.48 bits per heavy atom. The van der Waals surface area contributed by atoms with Crippen molar-refractivity contribution in [2.75, 3.05) is 0 Å². The Kier molecular flexibility index (Phi) is 6.10. The minimum absolute atomic E-state index is 0.00573. The number of carbonyl (C=O) groups excluding carboxylic acids is 3. The van der Waals surface area contributed by atoms with E-state index in [0.29, 0.717) is 22.6 Å². The molecule has 1 unspecified atom stereocenters. The highest BCUT2D eigenvalue weighted by molar-refractivity contribution is 7.71. The lowest BCUT2D eigenvalue weighted by Gasteiger charge is -2.25. The summed E-state index contributed by atoms with van der Waals surface area (Å²) >= 11 is 5.32. The summed E-state index contributed by atoms with van der Waals surface area (Å²) in [6.45, 7) is 4.03. The van der Waals surface area contributed by atoms with E-state index in [9.17, 15) is 14.4 Å². The van der Waals surface area contributed by atoms with Gasteiger partial charge in [-0.2, -0.15) is 10.1 Å². The van der Waals surface area contributed by atoms with Crippen LogP contribution in [0.4, 0.5) is 4.79 Å². The van der Waals surface area contributed by atoms with Crippen LogP contribution in [0, 0.1) is 11.7 Å². The zero-order valence-electron chi connectivity index (χ0n) is 18.3. The third-order valence-corrected chi connectivity index (χ3v) is 6.07.